The number of amides is 1. The summed E-state index contributed by atoms with van der Waals surface area (Å²) in [5.41, 5.74) is 2.91. The Morgan fingerprint density at radius 2 is 2.10 bits per heavy atom. The third-order valence-electron chi connectivity index (χ3n) is 5.19. The van der Waals surface area contributed by atoms with E-state index in [2.05, 4.69) is 35.6 Å². The molecule has 1 amide bonds. The Morgan fingerprint density at radius 3 is 2.97 bits per heavy atom. The SMILES string of the molecule is Cc1nnc2c(N3CCC(NC(=O)c4cc(-c5ccccc5)n[nH]4)C3)nccn12. The van der Waals surface area contributed by atoms with Crippen molar-refractivity contribution in [1.82, 2.24) is 35.1 Å². The van der Waals surface area contributed by atoms with E-state index in [1.165, 1.54) is 0 Å². The number of benzene rings is 1. The minimum Gasteiger partial charge on any atom is -0.351 e. The first-order valence-electron chi connectivity index (χ1n) is 9.52. The predicted octanol–water partition coefficient (Wildman–Crippen LogP) is 1.83. The molecule has 1 unspecified atom stereocenters. The van der Waals surface area contributed by atoms with E-state index in [-0.39, 0.29) is 11.9 Å². The summed E-state index contributed by atoms with van der Waals surface area (Å²) in [6.07, 6.45) is 4.44. The maximum Gasteiger partial charge on any atom is 0.269 e. The van der Waals surface area contributed by atoms with Crippen LogP contribution < -0.4 is 10.2 Å². The first kappa shape index (κ1) is 17.4. The number of nitrogens with zero attached hydrogens (tertiary/aromatic N) is 6. The average Bonchev–Trinajstić information content (AvgIpc) is 3.49. The summed E-state index contributed by atoms with van der Waals surface area (Å²) < 4.78 is 1.92. The number of aromatic nitrogens is 6. The number of fused-ring (bicyclic) bond motifs is 1. The van der Waals surface area contributed by atoms with Gasteiger partial charge in [-0.2, -0.15) is 5.10 Å². The number of aryl methyl sites for hydroxylation is 1. The quantitative estimate of drug-likeness (QED) is 0.553. The second kappa shape index (κ2) is 7.01. The van der Waals surface area contributed by atoms with Gasteiger partial charge in [0.15, 0.2) is 5.82 Å². The molecule has 29 heavy (non-hydrogen) atoms. The molecular weight excluding hydrogens is 368 g/mol. The van der Waals surface area contributed by atoms with Gasteiger partial charge in [0.25, 0.3) is 5.91 Å². The van der Waals surface area contributed by atoms with Crippen molar-refractivity contribution in [3.8, 4) is 11.3 Å². The number of rotatable bonds is 4. The van der Waals surface area contributed by atoms with E-state index < -0.39 is 0 Å². The second-order valence-electron chi connectivity index (χ2n) is 7.13. The zero-order valence-corrected chi connectivity index (χ0v) is 15.9. The van der Waals surface area contributed by atoms with E-state index in [1.807, 2.05) is 47.9 Å². The van der Waals surface area contributed by atoms with Crippen LogP contribution >= 0.6 is 0 Å². The highest BCUT2D eigenvalue weighted by atomic mass is 16.2. The number of aromatic amines is 1. The molecule has 1 atom stereocenters. The number of carbonyl (C=O) groups excluding carboxylic acids is 1. The molecular formula is C20H20N8O. The van der Waals surface area contributed by atoms with Gasteiger partial charge in [-0.1, -0.05) is 30.3 Å². The minimum atomic E-state index is -0.156. The standard InChI is InChI=1S/C20H20N8O/c1-13-23-26-19-18(21-8-10-28(13)19)27-9-7-15(12-27)22-20(29)17-11-16(24-25-17)14-5-3-2-4-6-14/h2-6,8,10-11,15H,7,9,12H2,1H3,(H,22,29)(H,24,25). The highest BCUT2D eigenvalue weighted by molar-refractivity contribution is 5.93. The van der Waals surface area contributed by atoms with Crippen LogP contribution in [0.25, 0.3) is 16.9 Å². The van der Waals surface area contributed by atoms with Gasteiger partial charge in [-0.05, 0) is 19.4 Å². The first-order chi connectivity index (χ1) is 14.2. The van der Waals surface area contributed by atoms with E-state index in [0.717, 1.165) is 41.5 Å². The molecule has 1 fully saturated rings. The van der Waals surface area contributed by atoms with E-state index in [0.29, 0.717) is 12.2 Å². The molecule has 1 aliphatic heterocycles. The molecule has 9 nitrogen and oxygen atoms in total. The number of hydrogen-bond donors (Lipinski definition) is 2. The van der Waals surface area contributed by atoms with Crippen LogP contribution in [0.15, 0.2) is 48.8 Å². The molecule has 0 radical (unpaired) electrons. The first-order valence-corrected chi connectivity index (χ1v) is 9.52. The monoisotopic (exact) mass is 388 g/mol. The van der Waals surface area contributed by atoms with Crippen molar-refractivity contribution in [2.24, 2.45) is 0 Å². The van der Waals surface area contributed by atoms with E-state index in [1.54, 1.807) is 12.3 Å². The lowest BCUT2D eigenvalue weighted by Gasteiger charge is -2.18. The Kier molecular flexibility index (Phi) is 4.19. The van der Waals surface area contributed by atoms with E-state index >= 15 is 0 Å². The Hall–Kier alpha value is -3.75. The van der Waals surface area contributed by atoms with Crippen LogP contribution in [0, 0.1) is 6.92 Å². The molecule has 0 aliphatic carbocycles. The van der Waals surface area contributed by atoms with Crippen molar-refractivity contribution >= 4 is 17.4 Å². The van der Waals surface area contributed by atoms with Crippen molar-refractivity contribution in [3.05, 3.63) is 60.3 Å². The summed E-state index contributed by atoms with van der Waals surface area (Å²) in [4.78, 5) is 19.3. The summed E-state index contributed by atoms with van der Waals surface area (Å²) in [7, 11) is 0. The molecule has 9 heteroatoms. The van der Waals surface area contributed by atoms with Gasteiger partial charge in [-0.25, -0.2) is 4.98 Å². The smallest absolute Gasteiger partial charge is 0.269 e. The molecule has 1 aliphatic rings. The van der Waals surface area contributed by atoms with Crippen molar-refractivity contribution in [2.75, 3.05) is 18.0 Å². The van der Waals surface area contributed by atoms with Gasteiger partial charge < -0.3 is 10.2 Å². The maximum absolute atomic E-state index is 12.7. The molecule has 5 rings (SSSR count). The fourth-order valence-electron chi connectivity index (χ4n) is 3.68. The Labute approximate surface area is 166 Å². The lowest BCUT2D eigenvalue weighted by atomic mass is 10.1. The highest BCUT2D eigenvalue weighted by Gasteiger charge is 2.27. The molecule has 4 aromatic rings. The van der Waals surface area contributed by atoms with Gasteiger partial charge in [-0.3, -0.25) is 14.3 Å². The topological polar surface area (TPSA) is 104 Å². The van der Waals surface area contributed by atoms with Gasteiger partial charge >= 0.3 is 0 Å². The molecule has 3 aromatic heterocycles. The van der Waals surface area contributed by atoms with Crippen LogP contribution in [-0.4, -0.2) is 54.8 Å². The number of hydrogen-bond acceptors (Lipinski definition) is 6. The number of H-pyrrole nitrogens is 1. The summed E-state index contributed by atoms with van der Waals surface area (Å²) >= 11 is 0. The summed E-state index contributed by atoms with van der Waals surface area (Å²) in [5, 5.41) is 18.5. The third kappa shape index (κ3) is 3.20. The zero-order valence-electron chi connectivity index (χ0n) is 15.9. The lowest BCUT2D eigenvalue weighted by Crippen LogP contribution is -2.37. The average molecular weight is 388 g/mol. The molecule has 1 aromatic carbocycles. The molecule has 2 N–H and O–H groups in total. The summed E-state index contributed by atoms with van der Waals surface area (Å²) in [5.74, 6) is 1.45. The van der Waals surface area contributed by atoms with Gasteiger partial charge in [-0.15, -0.1) is 10.2 Å². The molecule has 0 bridgehead atoms. The van der Waals surface area contributed by atoms with Crippen molar-refractivity contribution in [3.63, 3.8) is 0 Å². The van der Waals surface area contributed by atoms with Crippen LogP contribution in [-0.2, 0) is 0 Å². The van der Waals surface area contributed by atoms with Crippen molar-refractivity contribution < 1.29 is 4.79 Å². The van der Waals surface area contributed by atoms with Gasteiger partial charge in [0.2, 0.25) is 5.65 Å². The Morgan fingerprint density at radius 1 is 1.24 bits per heavy atom. The van der Waals surface area contributed by atoms with Crippen molar-refractivity contribution in [1.29, 1.82) is 0 Å². The van der Waals surface area contributed by atoms with Crippen LogP contribution in [0.3, 0.4) is 0 Å². The van der Waals surface area contributed by atoms with Crippen LogP contribution in [0.4, 0.5) is 5.82 Å². The minimum absolute atomic E-state index is 0.0250. The second-order valence-corrected chi connectivity index (χ2v) is 7.13. The predicted molar refractivity (Wildman–Crippen MR) is 108 cm³/mol. The number of carbonyl (C=O) groups is 1. The summed E-state index contributed by atoms with van der Waals surface area (Å²) in [6.45, 7) is 3.37. The largest absolute Gasteiger partial charge is 0.351 e. The Bertz CT molecular complexity index is 1170. The Balaban J connectivity index is 1.28. The number of nitrogens with one attached hydrogen (secondary N) is 2. The molecule has 0 saturated carbocycles. The lowest BCUT2D eigenvalue weighted by molar-refractivity contribution is 0.0935. The molecule has 146 valence electrons. The van der Waals surface area contributed by atoms with E-state index in [4.69, 9.17) is 0 Å². The highest BCUT2D eigenvalue weighted by Crippen LogP contribution is 2.23. The molecule has 4 heterocycles. The fraction of sp³-hybridized carbons (Fsp3) is 0.250. The van der Waals surface area contributed by atoms with Gasteiger partial charge in [0.05, 0.1) is 5.69 Å². The van der Waals surface area contributed by atoms with Gasteiger partial charge in [0.1, 0.15) is 11.5 Å². The fourth-order valence-corrected chi connectivity index (χ4v) is 3.68. The summed E-state index contributed by atoms with van der Waals surface area (Å²) in [6, 6.07) is 11.6. The molecule has 0 spiro atoms. The number of anilines is 1. The third-order valence-corrected chi connectivity index (χ3v) is 5.19. The normalized spacial score (nSPS) is 16.4. The van der Waals surface area contributed by atoms with Crippen LogP contribution in [0.5, 0.6) is 0 Å². The van der Waals surface area contributed by atoms with Crippen LogP contribution in [0.1, 0.15) is 22.7 Å². The molecule has 1 saturated heterocycles. The van der Waals surface area contributed by atoms with E-state index in [9.17, 15) is 4.79 Å². The van der Waals surface area contributed by atoms with Gasteiger partial charge in [0, 0.05) is 37.1 Å². The van der Waals surface area contributed by atoms with Crippen LogP contribution in [0.2, 0.25) is 0 Å². The zero-order chi connectivity index (χ0) is 19.8. The maximum atomic E-state index is 12.7. The van der Waals surface area contributed by atoms with Crippen molar-refractivity contribution in [2.45, 2.75) is 19.4 Å².